The fourth-order valence-corrected chi connectivity index (χ4v) is 5.27. The molecule has 5 rings (SSSR count). The smallest absolute Gasteiger partial charge is 0.253 e. The molecule has 1 saturated heterocycles. The molecular weight excluding hydrogens is 444 g/mol. The van der Waals surface area contributed by atoms with Crippen LogP contribution in [0.25, 0.3) is 10.2 Å². The Labute approximate surface area is 195 Å². The zero-order valence-corrected chi connectivity index (χ0v) is 19.3. The van der Waals surface area contributed by atoms with Gasteiger partial charge in [-0.15, -0.1) is 11.3 Å². The second-order valence-corrected chi connectivity index (χ2v) is 9.50. The number of imidazole rings is 1. The maximum atomic E-state index is 13.0. The topological polar surface area (TPSA) is 60.3 Å². The second-order valence-electron chi connectivity index (χ2n) is 8.00. The van der Waals surface area contributed by atoms with E-state index in [2.05, 4.69) is 4.98 Å². The van der Waals surface area contributed by atoms with E-state index in [-0.39, 0.29) is 5.91 Å². The van der Waals surface area contributed by atoms with Crippen molar-refractivity contribution in [2.45, 2.75) is 25.4 Å². The first-order chi connectivity index (χ1) is 15.6. The maximum Gasteiger partial charge on any atom is 0.253 e. The van der Waals surface area contributed by atoms with Gasteiger partial charge in [0.05, 0.1) is 15.2 Å². The zero-order chi connectivity index (χ0) is 22.1. The van der Waals surface area contributed by atoms with E-state index in [4.69, 9.17) is 21.3 Å². The molecule has 2 aromatic carbocycles. The summed E-state index contributed by atoms with van der Waals surface area (Å²) in [4.78, 5) is 23.9. The Morgan fingerprint density at radius 1 is 1.19 bits per heavy atom. The molecule has 0 N–H and O–H groups in total. The second kappa shape index (κ2) is 8.92. The predicted molar refractivity (Wildman–Crippen MR) is 126 cm³/mol. The first-order valence-electron chi connectivity index (χ1n) is 10.6. The van der Waals surface area contributed by atoms with Crippen LogP contribution in [0.2, 0.25) is 5.02 Å². The van der Waals surface area contributed by atoms with Crippen molar-refractivity contribution in [1.29, 1.82) is 0 Å². The van der Waals surface area contributed by atoms with Crippen LogP contribution in [0.4, 0.5) is 0 Å². The van der Waals surface area contributed by atoms with Crippen molar-refractivity contribution in [3.8, 4) is 5.75 Å². The molecule has 32 heavy (non-hydrogen) atoms. The van der Waals surface area contributed by atoms with Crippen LogP contribution in [0, 0.1) is 0 Å². The third-order valence-corrected chi connectivity index (χ3v) is 7.32. The highest BCUT2D eigenvalue weighted by Crippen LogP contribution is 2.35. The van der Waals surface area contributed by atoms with Gasteiger partial charge in [0.2, 0.25) is 0 Å². The fourth-order valence-electron chi connectivity index (χ4n) is 3.98. The number of carbonyl (C=O) groups is 1. The first-order valence-corrected chi connectivity index (χ1v) is 11.8. The Hall–Kier alpha value is -2.90. The molecule has 1 aliphatic rings. The molecule has 0 saturated carbocycles. The van der Waals surface area contributed by atoms with Crippen LogP contribution in [0.5, 0.6) is 5.75 Å². The number of carbonyl (C=O) groups excluding carboxylic acids is 1. The molecular formula is C24H23ClN4O2S. The average Bonchev–Trinajstić information content (AvgIpc) is 3.43. The van der Waals surface area contributed by atoms with Gasteiger partial charge in [0.15, 0.2) is 0 Å². The summed E-state index contributed by atoms with van der Waals surface area (Å²) >= 11 is 7.82. The summed E-state index contributed by atoms with van der Waals surface area (Å²) in [6.45, 7) is 1.86. The van der Waals surface area contributed by atoms with Crippen molar-refractivity contribution >= 4 is 39.1 Å². The van der Waals surface area contributed by atoms with Gasteiger partial charge in [-0.25, -0.2) is 9.97 Å². The summed E-state index contributed by atoms with van der Waals surface area (Å²) in [5.74, 6) is 2.02. The Morgan fingerprint density at radius 3 is 2.69 bits per heavy atom. The minimum atomic E-state index is 0.0650. The van der Waals surface area contributed by atoms with E-state index in [0.29, 0.717) is 23.1 Å². The summed E-state index contributed by atoms with van der Waals surface area (Å²) in [6.07, 6.45) is 5.47. The molecule has 0 atom stereocenters. The molecule has 3 heterocycles. The molecule has 2 aromatic heterocycles. The lowest BCUT2D eigenvalue weighted by molar-refractivity contribution is 0.0713. The third-order valence-electron chi connectivity index (χ3n) is 5.89. The Morgan fingerprint density at radius 2 is 1.97 bits per heavy atom. The van der Waals surface area contributed by atoms with E-state index in [1.165, 1.54) is 0 Å². The number of ether oxygens (including phenoxy) is 1. The van der Waals surface area contributed by atoms with Crippen LogP contribution >= 0.6 is 22.9 Å². The van der Waals surface area contributed by atoms with Gasteiger partial charge in [0.1, 0.15) is 18.2 Å². The van der Waals surface area contributed by atoms with Gasteiger partial charge in [0.25, 0.3) is 5.91 Å². The molecule has 1 amide bonds. The molecule has 6 nitrogen and oxygen atoms in total. The normalized spacial score (nSPS) is 14.8. The van der Waals surface area contributed by atoms with E-state index < -0.39 is 0 Å². The molecule has 4 aromatic rings. The quantitative estimate of drug-likeness (QED) is 0.401. The number of piperidine rings is 1. The summed E-state index contributed by atoms with van der Waals surface area (Å²) in [5, 5.41) is 1.85. The molecule has 164 valence electrons. The number of aromatic nitrogens is 3. The average molecular weight is 467 g/mol. The molecule has 0 bridgehead atoms. The number of amides is 1. The highest BCUT2D eigenvalue weighted by molar-refractivity contribution is 7.18. The summed E-state index contributed by atoms with van der Waals surface area (Å²) < 4.78 is 8.87. The highest BCUT2D eigenvalue weighted by atomic mass is 35.5. The van der Waals surface area contributed by atoms with Crippen LogP contribution < -0.4 is 4.74 Å². The van der Waals surface area contributed by atoms with Crippen LogP contribution in [0.3, 0.4) is 0 Å². The van der Waals surface area contributed by atoms with Crippen LogP contribution in [0.15, 0.2) is 54.9 Å². The fraction of sp³-hybridized carbons (Fsp3) is 0.292. The van der Waals surface area contributed by atoms with Crippen molar-refractivity contribution in [1.82, 2.24) is 19.4 Å². The molecule has 0 spiro atoms. The number of hydrogen-bond donors (Lipinski definition) is 0. The number of fused-ring (bicyclic) bond motifs is 1. The zero-order valence-electron chi connectivity index (χ0n) is 17.7. The molecule has 1 aliphatic heterocycles. The van der Waals surface area contributed by atoms with Crippen molar-refractivity contribution in [2.24, 2.45) is 7.05 Å². The van der Waals surface area contributed by atoms with Gasteiger partial charge in [-0.1, -0.05) is 11.6 Å². The van der Waals surface area contributed by atoms with E-state index in [1.54, 1.807) is 17.5 Å². The van der Waals surface area contributed by atoms with Gasteiger partial charge >= 0.3 is 0 Å². The van der Waals surface area contributed by atoms with E-state index in [1.807, 2.05) is 65.2 Å². The van der Waals surface area contributed by atoms with Gasteiger partial charge in [0, 0.05) is 49.0 Å². The van der Waals surface area contributed by atoms with Gasteiger partial charge in [-0.05, 0) is 55.3 Å². The molecule has 1 fully saturated rings. The number of rotatable bonds is 5. The van der Waals surface area contributed by atoms with Gasteiger partial charge < -0.3 is 14.2 Å². The third kappa shape index (κ3) is 4.36. The molecule has 0 aliphatic carbocycles. The van der Waals surface area contributed by atoms with Crippen molar-refractivity contribution in [3.05, 3.63) is 76.3 Å². The molecule has 0 radical (unpaired) electrons. The molecule has 0 unspecified atom stereocenters. The van der Waals surface area contributed by atoms with E-state index in [9.17, 15) is 4.79 Å². The van der Waals surface area contributed by atoms with Crippen LogP contribution in [-0.4, -0.2) is 38.4 Å². The van der Waals surface area contributed by atoms with E-state index in [0.717, 1.165) is 52.7 Å². The number of nitrogens with zero attached hydrogens (tertiary/aromatic N) is 4. The SMILES string of the molecule is Cn1ccnc1COc1ccc(C(=O)N2CCC(c3nc4cc(Cl)ccc4s3)CC2)cc1. The largest absolute Gasteiger partial charge is 0.486 e. The Kier molecular flexibility index (Phi) is 5.85. The lowest BCUT2D eigenvalue weighted by atomic mass is 9.97. The summed E-state index contributed by atoms with van der Waals surface area (Å²) in [6, 6.07) is 13.2. The number of aryl methyl sites for hydroxylation is 1. The van der Waals surface area contributed by atoms with Gasteiger partial charge in [-0.2, -0.15) is 0 Å². The lowest BCUT2D eigenvalue weighted by Crippen LogP contribution is -2.37. The van der Waals surface area contributed by atoms with Crippen molar-refractivity contribution in [2.75, 3.05) is 13.1 Å². The predicted octanol–water partition coefficient (Wildman–Crippen LogP) is 5.28. The van der Waals surface area contributed by atoms with Crippen molar-refractivity contribution in [3.63, 3.8) is 0 Å². The summed E-state index contributed by atoms with van der Waals surface area (Å²) in [7, 11) is 1.93. The molecule has 8 heteroatoms. The van der Waals surface area contributed by atoms with Gasteiger partial charge in [-0.3, -0.25) is 4.79 Å². The van der Waals surface area contributed by atoms with Crippen LogP contribution in [0.1, 0.15) is 39.9 Å². The minimum absolute atomic E-state index is 0.0650. The van der Waals surface area contributed by atoms with Crippen molar-refractivity contribution < 1.29 is 9.53 Å². The lowest BCUT2D eigenvalue weighted by Gasteiger charge is -2.31. The Balaban J connectivity index is 1.18. The summed E-state index contributed by atoms with van der Waals surface area (Å²) in [5.41, 5.74) is 1.64. The number of hydrogen-bond acceptors (Lipinski definition) is 5. The maximum absolute atomic E-state index is 13.0. The van der Waals surface area contributed by atoms with Crippen LogP contribution in [-0.2, 0) is 13.7 Å². The number of likely N-dealkylation sites (tertiary alicyclic amines) is 1. The van der Waals surface area contributed by atoms with E-state index >= 15 is 0 Å². The Bertz CT molecular complexity index is 1240. The minimum Gasteiger partial charge on any atom is -0.486 e. The number of benzene rings is 2. The number of thiazole rings is 1. The highest BCUT2D eigenvalue weighted by Gasteiger charge is 2.26. The first kappa shape index (κ1) is 21.0. The number of halogens is 1. The monoisotopic (exact) mass is 466 g/mol. The standard InChI is InChI=1S/C24H23ClN4O2S/c1-28-13-10-26-22(28)15-31-19-5-2-17(3-6-19)24(30)29-11-8-16(9-12-29)23-27-20-14-18(25)4-7-21(20)32-23/h2-7,10,13-14,16H,8-9,11-12,15H2,1H3.